The Morgan fingerprint density at radius 2 is 2.17 bits per heavy atom. The molecular formula is C14H15BrClNS. The number of hydrogen-bond acceptors (Lipinski definition) is 2. The lowest BCUT2D eigenvalue weighted by Crippen LogP contribution is -2.21. The van der Waals surface area contributed by atoms with E-state index in [-0.39, 0.29) is 6.04 Å². The summed E-state index contributed by atoms with van der Waals surface area (Å²) >= 11 is 11.4. The smallest absolute Gasteiger partial charge is 0.0596 e. The van der Waals surface area contributed by atoms with Crippen LogP contribution in [-0.4, -0.2) is 6.54 Å². The van der Waals surface area contributed by atoms with E-state index in [0.29, 0.717) is 0 Å². The van der Waals surface area contributed by atoms with Gasteiger partial charge in [0.2, 0.25) is 0 Å². The summed E-state index contributed by atoms with van der Waals surface area (Å²) in [6.07, 6.45) is 0. The molecule has 0 aliphatic carbocycles. The van der Waals surface area contributed by atoms with Crippen LogP contribution in [0.25, 0.3) is 0 Å². The van der Waals surface area contributed by atoms with Crippen LogP contribution in [0.1, 0.15) is 29.7 Å². The Morgan fingerprint density at radius 3 is 2.72 bits per heavy atom. The number of benzene rings is 1. The van der Waals surface area contributed by atoms with Crippen LogP contribution in [0.3, 0.4) is 0 Å². The van der Waals surface area contributed by atoms with Crippen molar-refractivity contribution in [3.05, 3.63) is 55.1 Å². The van der Waals surface area contributed by atoms with E-state index in [0.717, 1.165) is 21.6 Å². The van der Waals surface area contributed by atoms with Crippen molar-refractivity contribution in [1.29, 1.82) is 0 Å². The number of rotatable bonds is 4. The molecule has 1 heterocycles. The van der Waals surface area contributed by atoms with Crippen molar-refractivity contribution in [1.82, 2.24) is 5.32 Å². The zero-order valence-corrected chi connectivity index (χ0v) is 13.5. The monoisotopic (exact) mass is 343 g/mol. The molecule has 2 rings (SSSR count). The first kappa shape index (κ1) is 14.1. The fourth-order valence-electron chi connectivity index (χ4n) is 1.96. The molecule has 0 amide bonds. The summed E-state index contributed by atoms with van der Waals surface area (Å²) in [5.41, 5.74) is 3.64. The average Bonchev–Trinajstić information content (AvgIpc) is 2.76. The number of halogens is 2. The van der Waals surface area contributed by atoms with Gasteiger partial charge in [-0.2, -0.15) is 11.3 Å². The minimum Gasteiger partial charge on any atom is -0.306 e. The molecule has 2 aromatic rings. The van der Waals surface area contributed by atoms with Crippen LogP contribution in [0.15, 0.2) is 33.4 Å². The average molecular weight is 345 g/mol. The van der Waals surface area contributed by atoms with Gasteiger partial charge >= 0.3 is 0 Å². The van der Waals surface area contributed by atoms with Gasteiger partial charge in [-0.25, -0.2) is 0 Å². The molecule has 1 atom stereocenters. The lowest BCUT2D eigenvalue weighted by Gasteiger charge is -2.19. The Bertz CT molecular complexity index is 538. The molecule has 0 aliphatic rings. The zero-order valence-electron chi connectivity index (χ0n) is 10.3. The van der Waals surface area contributed by atoms with Crippen molar-refractivity contribution in [2.75, 3.05) is 6.54 Å². The number of thiophene rings is 1. The molecule has 1 aromatic carbocycles. The zero-order chi connectivity index (χ0) is 13.1. The van der Waals surface area contributed by atoms with Gasteiger partial charge in [0.1, 0.15) is 0 Å². The van der Waals surface area contributed by atoms with E-state index in [4.69, 9.17) is 11.6 Å². The van der Waals surface area contributed by atoms with Gasteiger partial charge < -0.3 is 5.32 Å². The van der Waals surface area contributed by atoms with Crippen LogP contribution < -0.4 is 5.32 Å². The molecule has 18 heavy (non-hydrogen) atoms. The van der Waals surface area contributed by atoms with Crippen LogP contribution >= 0.6 is 38.9 Å². The summed E-state index contributed by atoms with van der Waals surface area (Å²) in [6.45, 7) is 5.09. The predicted octanol–water partition coefficient (Wildman–Crippen LogP) is 5.17. The topological polar surface area (TPSA) is 12.0 Å². The van der Waals surface area contributed by atoms with Gasteiger partial charge in [0.25, 0.3) is 0 Å². The maximum atomic E-state index is 6.09. The van der Waals surface area contributed by atoms with Crippen molar-refractivity contribution in [2.45, 2.75) is 19.9 Å². The minimum atomic E-state index is 0.214. The predicted molar refractivity (Wildman–Crippen MR) is 83.7 cm³/mol. The van der Waals surface area contributed by atoms with E-state index < -0.39 is 0 Å². The van der Waals surface area contributed by atoms with Gasteiger partial charge in [0, 0.05) is 14.9 Å². The molecule has 0 bridgehead atoms. The summed E-state index contributed by atoms with van der Waals surface area (Å²) in [5, 5.41) is 8.64. The van der Waals surface area contributed by atoms with Crippen LogP contribution in [0.5, 0.6) is 0 Å². The Morgan fingerprint density at radius 1 is 1.39 bits per heavy atom. The summed E-state index contributed by atoms with van der Waals surface area (Å²) in [4.78, 5) is 0. The standard InChI is InChI=1S/C14H15BrClNS/c1-3-17-14(11-7-18-8-12(11)15)10-4-5-13(16)9(2)6-10/h4-8,14,17H,3H2,1-2H3. The molecular weight excluding hydrogens is 330 g/mol. The highest BCUT2D eigenvalue weighted by molar-refractivity contribution is 9.10. The number of hydrogen-bond donors (Lipinski definition) is 1. The lowest BCUT2D eigenvalue weighted by molar-refractivity contribution is 0.630. The molecule has 1 nitrogen and oxygen atoms in total. The normalized spacial score (nSPS) is 12.7. The lowest BCUT2D eigenvalue weighted by atomic mass is 9.99. The highest BCUT2D eigenvalue weighted by atomic mass is 79.9. The number of aryl methyl sites for hydroxylation is 1. The quantitative estimate of drug-likeness (QED) is 0.806. The molecule has 4 heteroatoms. The van der Waals surface area contributed by atoms with Gasteiger partial charge in [-0.05, 0) is 57.5 Å². The fourth-order valence-corrected chi connectivity index (χ4v) is 3.63. The summed E-state index contributed by atoms with van der Waals surface area (Å²) in [6, 6.07) is 6.43. The molecule has 0 spiro atoms. The van der Waals surface area contributed by atoms with E-state index in [1.807, 2.05) is 13.0 Å². The third-order valence-corrected chi connectivity index (χ3v) is 5.05. The van der Waals surface area contributed by atoms with E-state index >= 15 is 0 Å². The molecule has 96 valence electrons. The van der Waals surface area contributed by atoms with Gasteiger partial charge in [0.15, 0.2) is 0 Å². The fraction of sp³-hybridized carbons (Fsp3) is 0.286. The first-order valence-electron chi connectivity index (χ1n) is 5.84. The van der Waals surface area contributed by atoms with Crippen LogP contribution in [0.4, 0.5) is 0 Å². The van der Waals surface area contributed by atoms with Crippen LogP contribution in [-0.2, 0) is 0 Å². The van der Waals surface area contributed by atoms with Crippen LogP contribution in [0.2, 0.25) is 5.02 Å². The van der Waals surface area contributed by atoms with Crippen molar-refractivity contribution in [3.8, 4) is 0 Å². The molecule has 1 unspecified atom stereocenters. The van der Waals surface area contributed by atoms with Crippen LogP contribution in [0, 0.1) is 6.92 Å². The SMILES string of the molecule is CCNC(c1ccc(Cl)c(C)c1)c1cscc1Br. The second kappa shape index (κ2) is 6.20. The second-order valence-electron chi connectivity index (χ2n) is 4.17. The Kier molecular flexibility index (Phi) is 4.84. The highest BCUT2D eigenvalue weighted by Crippen LogP contribution is 2.32. The molecule has 0 saturated heterocycles. The van der Waals surface area contributed by atoms with Gasteiger partial charge in [0.05, 0.1) is 6.04 Å². The summed E-state index contributed by atoms with van der Waals surface area (Å²) in [5.74, 6) is 0. The molecule has 0 aliphatic heterocycles. The third-order valence-electron chi connectivity index (χ3n) is 2.88. The van der Waals surface area contributed by atoms with Crippen molar-refractivity contribution in [3.63, 3.8) is 0 Å². The third kappa shape index (κ3) is 2.97. The molecule has 0 fully saturated rings. The van der Waals surface area contributed by atoms with Gasteiger partial charge in [-0.3, -0.25) is 0 Å². The van der Waals surface area contributed by atoms with Crippen molar-refractivity contribution < 1.29 is 0 Å². The van der Waals surface area contributed by atoms with Gasteiger partial charge in [-0.1, -0.05) is 30.7 Å². The highest BCUT2D eigenvalue weighted by Gasteiger charge is 2.17. The largest absolute Gasteiger partial charge is 0.306 e. The maximum Gasteiger partial charge on any atom is 0.0596 e. The molecule has 0 saturated carbocycles. The minimum absolute atomic E-state index is 0.214. The van der Waals surface area contributed by atoms with E-state index in [1.54, 1.807) is 11.3 Å². The van der Waals surface area contributed by atoms with E-state index in [2.05, 4.69) is 51.1 Å². The first-order valence-corrected chi connectivity index (χ1v) is 7.96. The van der Waals surface area contributed by atoms with E-state index in [1.165, 1.54) is 11.1 Å². The number of nitrogens with one attached hydrogen (secondary N) is 1. The molecule has 0 radical (unpaired) electrons. The molecule has 1 aromatic heterocycles. The summed E-state index contributed by atoms with van der Waals surface area (Å²) in [7, 11) is 0. The van der Waals surface area contributed by atoms with E-state index in [9.17, 15) is 0 Å². The van der Waals surface area contributed by atoms with Crippen molar-refractivity contribution in [2.24, 2.45) is 0 Å². The Hall–Kier alpha value is -0.350. The first-order chi connectivity index (χ1) is 8.63. The second-order valence-corrected chi connectivity index (χ2v) is 6.18. The molecule has 1 N–H and O–H groups in total. The Balaban J connectivity index is 2.41. The Labute approximate surface area is 125 Å². The summed E-state index contributed by atoms with van der Waals surface area (Å²) < 4.78 is 1.16. The van der Waals surface area contributed by atoms with Gasteiger partial charge in [-0.15, -0.1) is 0 Å². The maximum absolute atomic E-state index is 6.09. The van der Waals surface area contributed by atoms with Crippen molar-refractivity contribution >= 4 is 38.9 Å².